The second-order valence-corrected chi connectivity index (χ2v) is 6.52. The lowest BCUT2D eigenvalue weighted by molar-refractivity contribution is -0.184. The van der Waals surface area contributed by atoms with E-state index in [1.807, 2.05) is 0 Å². The first-order valence-electron chi connectivity index (χ1n) is 8.42. The van der Waals surface area contributed by atoms with E-state index >= 15 is 0 Å². The second-order valence-electron chi connectivity index (χ2n) is 6.12. The Bertz CT molecular complexity index is 607. The molecule has 0 saturated carbocycles. The summed E-state index contributed by atoms with van der Waals surface area (Å²) in [6, 6.07) is 3.49. The number of piperazine rings is 1. The van der Waals surface area contributed by atoms with Gasteiger partial charge in [0.25, 0.3) is 0 Å². The van der Waals surface area contributed by atoms with Crippen molar-refractivity contribution < 1.29 is 22.7 Å². The molecule has 1 saturated heterocycles. The summed E-state index contributed by atoms with van der Waals surface area (Å²) in [5.74, 6) is 0.116. The number of carbonyl (C=O) groups excluding carboxylic acids is 1. The van der Waals surface area contributed by atoms with E-state index in [1.165, 1.54) is 12.0 Å². The van der Waals surface area contributed by atoms with Crippen molar-refractivity contribution in [1.82, 2.24) is 15.5 Å². The smallest absolute Gasteiger partial charge is 0.405 e. The van der Waals surface area contributed by atoms with Gasteiger partial charge in [-0.05, 0) is 24.1 Å². The Morgan fingerprint density at radius 2 is 2.08 bits per heavy atom. The fourth-order valence-corrected chi connectivity index (χ4v) is 3.15. The van der Waals surface area contributed by atoms with Crippen LogP contribution in [0.2, 0.25) is 5.02 Å². The van der Waals surface area contributed by atoms with Crippen LogP contribution in [0.15, 0.2) is 18.2 Å². The van der Waals surface area contributed by atoms with Crippen LogP contribution in [0.25, 0.3) is 0 Å². The lowest BCUT2D eigenvalue weighted by Gasteiger charge is -2.35. The standard InChI is InChI=1S/C17H23ClF3N3O2/c1-26-14-4-2-12(10-13(14)18)3-5-16(25)23-11-15(17(19,20)21)24-8-6-22-7-9-24/h2,4,10,15,22H,3,5-9,11H2,1H3,(H,23,25). The summed E-state index contributed by atoms with van der Waals surface area (Å²) < 4.78 is 44.9. The van der Waals surface area contributed by atoms with Crippen LogP contribution in [-0.2, 0) is 11.2 Å². The minimum atomic E-state index is -4.38. The zero-order valence-electron chi connectivity index (χ0n) is 14.5. The number of rotatable bonds is 7. The lowest BCUT2D eigenvalue weighted by Crippen LogP contribution is -2.57. The molecule has 1 amide bonds. The van der Waals surface area contributed by atoms with Gasteiger partial charge in [-0.15, -0.1) is 0 Å². The number of benzene rings is 1. The van der Waals surface area contributed by atoms with Crippen LogP contribution in [0, 0.1) is 0 Å². The molecule has 1 unspecified atom stereocenters. The Morgan fingerprint density at radius 3 is 2.65 bits per heavy atom. The van der Waals surface area contributed by atoms with Gasteiger partial charge in [-0.1, -0.05) is 17.7 Å². The minimum Gasteiger partial charge on any atom is -0.495 e. The molecule has 0 aliphatic carbocycles. The quantitative estimate of drug-likeness (QED) is 0.746. The Hall–Kier alpha value is -1.51. The maximum atomic E-state index is 13.3. The van der Waals surface area contributed by atoms with Gasteiger partial charge < -0.3 is 15.4 Å². The Morgan fingerprint density at radius 1 is 1.38 bits per heavy atom. The molecular weight excluding hydrogens is 371 g/mol. The van der Waals surface area contributed by atoms with E-state index in [1.54, 1.807) is 18.2 Å². The van der Waals surface area contributed by atoms with E-state index in [0.29, 0.717) is 43.4 Å². The molecule has 0 spiro atoms. The third-order valence-electron chi connectivity index (χ3n) is 4.32. The fraction of sp³-hybridized carbons (Fsp3) is 0.588. The maximum Gasteiger partial charge on any atom is 0.405 e. The molecule has 2 rings (SSSR count). The third kappa shape index (κ3) is 6.03. The van der Waals surface area contributed by atoms with E-state index < -0.39 is 24.7 Å². The molecule has 0 bridgehead atoms. The number of amides is 1. The number of aryl methyl sites for hydroxylation is 1. The molecule has 9 heteroatoms. The molecule has 146 valence electrons. The number of methoxy groups -OCH3 is 1. The molecule has 1 aromatic rings. The molecule has 1 aromatic carbocycles. The molecule has 1 fully saturated rings. The van der Waals surface area contributed by atoms with E-state index in [4.69, 9.17) is 16.3 Å². The molecule has 1 aliphatic heterocycles. The predicted molar refractivity (Wildman–Crippen MR) is 93.6 cm³/mol. The van der Waals surface area contributed by atoms with Gasteiger partial charge in [0.15, 0.2) is 0 Å². The molecule has 26 heavy (non-hydrogen) atoms. The van der Waals surface area contributed by atoms with Gasteiger partial charge >= 0.3 is 6.18 Å². The summed E-state index contributed by atoms with van der Waals surface area (Å²) in [7, 11) is 1.50. The van der Waals surface area contributed by atoms with E-state index in [0.717, 1.165) is 5.56 Å². The highest BCUT2D eigenvalue weighted by Gasteiger charge is 2.43. The van der Waals surface area contributed by atoms with Gasteiger partial charge in [0.1, 0.15) is 11.8 Å². The van der Waals surface area contributed by atoms with Crippen molar-refractivity contribution in [3.8, 4) is 5.75 Å². The van der Waals surface area contributed by atoms with Crippen LogP contribution in [0.5, 0.6) is 5.75 Å². The monoisotopic (exact) mass is 393 g/mol. The highest BCUT2D eigenvalue weighted by atomic mass is 35.5. The first kappa shape index (κ1) is 20.8. The number of hydrogen-bond acceptors (Lipinski definition) is 4. The van der Waals surface area contributed by atoms with E-state index in [9.17, 15) is 18.0 Å². The normalized spacial score (nSPS) is 17.0. The van der Waals surface area contributed by atoms with Crippen LogP contribution in [0.1, 0.15) is 12.0 Å². The average molecular weight is 394 g/mol. The van der Waals surface area contributed by atoms with Crippen LogP contribution < -0.4 is 15.4 Å². The summed E-state index contributed by atoms with van der Waals surface area (Å²) in [4.78, 5) is 13.3. The largest absolute Gasteiger partial charge is 0.495 e. The molecule has 0 aromatic heterocycles. The first-order chi connectivity index (χ1) is 12.3. The molecule has 0 radical (unpaired) electrons. The van der Waals surface area contributed by atoms with Gasteiger partial charge in [-0.2, -0.15) is 13.2 Å². The zero-order valence-corrected chi connectivity index (χ0v) is 15.3. The molecule has 2 N–H and O–H groups in total. The number of nitrogens with one attached hydrogen (secondary N) is 2. The number of carbonyl (C=O) groups is 1. The summed E-state index contributed by atoms with van der Waals surface area (Å²) >= 11 is 6.02. The molecule has 1 heterocycles. The van der Waals surface area contributed by atoms with Crippen LogP contribution in [-0.4, -0.2) is 62.9 Å². The number of halogens is 4. The summed E-state index contributed by atoms with van der Waals surface area (Å²) in [5.41, 5.74) is 0.820. The summed E-state index contributed by atoms with van der Waals surface area (Å²) in [6.45, 7) is 1.21. The number of nitrogens with zero attached hydrogens (tertiary/aromatic N) is 1. The minimum absolute atomic E-state index is 0.0921. The average Bonchev–Trinajstić information content (AvgIpc) is 2.60. The predicted octanol–water partition coefficient (Wildman–Crippen LogP) is 2.23. The Balaban J connectivity index is 1.84. The third-order valence-corrected chi connectivity index (χ3v) is 4.62. The fourth-order valence-electron chi connectivity index (χ4n) is 2.87. The summed E-state index contributed by atoms with van der Waals surface area (Å²) in [5, 5.41) is 5.87. The van der Waals surface area contributed by atoms with Crippen molar-refractivity contribution in [3.05, 3.63) is 28.8 Å². The number of hydrogen-bond donors (Lipinski definition) is 2. The Labute approximate surface area is 155 Å². The van der Waals surface area contributed by atoms with Gasteiger partial charge in [0, 0.05) is 39.1 Å². The van der Waals surface area contributed by atoms with Crippen LogP contribution in [0.3, 0.4) is 0 Å². The van der Waals surface area contributed by atoms with Crippen molar-refractivity contribution in [1.29, 1.82) is 0 Å². The molecule has 5 nitrogen and oxygen atoms in total. The van der Waals surface area contributed by atoms with Gasteiger partial charge in [0.05, 0.1) is 12.1 Å². The molecule has 1 atom stereocenters. The van der Waals surface area contributed by atoms with Gasteiger partial charge in [-0.3, -0.25) is 9.69 Å². The van der Waals surface area contributed by atoms with Crippen molar-refractivity contribution >= 4 is 17.5 Å². The Kier molecular flexibility index (Phi) is 7.55. The highest BCUT2D eigenvalue weighted by molar-refractivity contribution is 6.32. The van der Waals surface area contributed by atoms with Crippen molar-refractivity contribution in [2.45, 2.75) is 25.1 Å². The number of ether oxygens (including phenoxy) is 1. The first-order valence-corrected chi connectivity index (χ1v) is 8.79. The highest BCUT2D eigenvalue weighted by Crippen LogP contribution is 2.26. The maximum absolute atomic E-state index is 13.3. The second kappa shape index (κ2) is 9.43. The summed E-state index contributed by atoms with van der Waals surface area (Å²) in [6.07, 6.45) is -3.90. The van der Waals surface area contributed by atoms with E-state index in [-0.39, 0.29) is 6.42 Å². The molecule has 1 aliphatic rings. The van der Waals surface area contributed by atoms with E-state index in [2.05, 4.69) is 10.6 Å². The lowest BCUT2D eigenvalue weighted by atomic mass is 10.1. The topological polar surface area (TPSA) is 53.6 Å². The van der Waals surface area contributed by atoms with Crippen molar-refractivity contribution in [3.63, 3.8) is 0 Å². The SMILES string of the molecule is COc1ccc(CCC(=O)NCC(N2CCNCC2)C(F)(F)F)cc1Cl. The zero-order chi connectivity index (χ0) is 19.2. The van der Waals surface area contributed by atoms with Crippen molar-refractivity contribution in [2.24, 2.45) is 0 Å². The van der Waals surface area contributed by atoms with Crippen LogP contribution >= 0.6 is 11.6 Å². The van der Waals surface area contributed by atoms with Gasteiger partial charge in [0.2, 0.25) is 5.91 Å². The van der Waals surface area contributed by atoms with Crippen molar-refractivity contribution in [2.75, 3.05) is 39.8 Å². The molecular formula is C17H23ClF3N3O2. The van der Waals surface area contributed by atoms with Gasteiger partial charge in [-0.25, -0.2) is 0 Å². The number of alkyl halides is 3. The van der Waals surface area contributed by atoms with Crippen LogP contribution in [0.4, 0.5) is 13.2 Å².